The Morgan fingerprint density at radius 2 is 1.72 bits per heavy atom. The lowest BCUT2D eigenvalue weighted by molar-refractivity contribution is -0.119. The molecule has 32 heavy (non-hydrogen) atoms. The number of carbonyl (C=O) groups is 2. The summed E-state index contributed by atoms with van der Waals surface area (Å²) in [5.41, 5.74) is 4.39. The molecule has 0 aliphatic rings. The number of pyridine rings is 1. The van der Waals surface area contributed by atoms with Crippen molar-refractivity contribution in [1.82, 2.24) is 10.1 Å². The van der Waals surface area contributed by atoms with Gasteiger partial charge in [-0.2, -0.15) is 0 Å². The van der Waals surface area contributed by atoms with Crippen LogP contribution in [0.25, 0.3) is 22.4 Å². The minimum absolute atomic E-state index is 0.149. The highest BCUT2D eigenvalue weighted by molar-refractivity contribution is 6.05. The van der Waals surface area contributed by atoms with Gasteiger partial charge in [0.15, 0.2) is 6.61 Å². The maximum atomic E-state index is 13.3. The summed E-state index contributed by atoms with van der Waals surface area (Å²) in [6.07, 6.45) is 0. The average Bonchev–Trinajstić information content (AvgIpc) is 3.12. The molecule has 4 aromatic rings. The topological polar surface area (TPSA) is 94.3 Å². The molecule has 0 saturated heterocycles. The molecule has 1 N–H and O–H groups in total. The van der Waals surface area contributed by atoms with Crippen molar-refractivity contribution in [3.8, 4) is 11.3 Å². The van der Waals surface area contributed by atoms with Gasteiger partial charge in [-0.3, -0.25) is 4.79 Å². The fourth-order valence-electron chi connectivity index (χ4n) is 3.48. The Kier molecular flexibility index (Phi) is 5.68. The van der Waals surface area contributed by atoms with Crippen molar-refractivity contribution < 1.29 is 23.2 Å². The number of aromatic nitrogens is 2. The summed E-state index contributed by atoms with van der Waals surface area (Å²) in [7, 11) is 0. The fourth-order valence-corrected chi connectivity index (χ4v) is 3.48. The maximum Gasteiger partial charge on any atom is 0.339 e. The number of hydrogen-bond acceptors (Lipinski definition) is 6. The first kappa shape index (κ1) is 21.2. The van der Waals surface area contributed by atoms with Crippen LogP contribution < -0.4 is 5.32 Å². The number of rotatable bonds is 5. The van der Waals surface area contributed by atoms with Crippen molar-refractivity contribution in [1.29, 1.82) is 0 Å². The van der Waals surface area contributed by atoms with E-state index in [4.69, 9.17) is 9.26 Å². The second kappa shape index (κ2) is 8.58. The smallest absolute Gasteiger partial charge is 0.339 e. The van der Waals surface area contributed by atoms with Gasteiger partial charge >= 0.3 is 5.97 Å². The van der Waals surface area contributed by atoms with Crippen LogP contribution in [0.5, 0.6) is 0 Å². The second-order valence-corrected chi connectivity index (χ2v) is 7.51. The molecule has 2 aromatic carbocycles. The molecule has 0 radical (unpaired) electrons. The number of fused-ring (bicyclic) bond motifs is 1. The van der Waals surface area contributed by atoms with E-state index in [1.54, 1.807) is 19.1 Å². The lowest BCUT2D eigenvalue weighted by atomic mass is 10.1. The van der Waals surface area contributed by atoms with Crippen LogP contribution in [0.2, 0.25) is 0 Å². The molecule has 0 aliphatic carbocycles. The van der Waals surface area contributed by atoms with E-state index >= 15 is 0 Å². The molecular weight excluding hydrogens is 413 g/mol. The normalized spacial score (nSPS) is 10.9. The minimum Gasteiger partial charge on any atom is -0.452 e. The number of ether oxygens (including phenoxy) is 1. The molecule has 0 saturated carbocycles. The van der Waals surface area contributed by atoms with E-state index in [2.05, 4.69) is 15.5 Å². The molecule has 2 heterocycles. The van der Waals surface area contributed by atoms with Crippen LogP contribution in [-0.2, 0) is 9.53 Å². The van der Waals surface area contributed by atoms with Gasteiger partial charge in [0.1, 0.15) is 5.82 Å². The van der Waals surface area contributed by atoms with E-state index in [1.807, 2.05) is 32.0 Å². The van der Waals surface area contributed by atoms with Crippen LogP contribution in [0.15, 0.2) is 53.1 Å². The average molecular weight is 433 g/mol. The first-order chi connectivity index (χ1) is 15.3. The van der Waals surface area contributed by atoms with E-state index in [9.17, 15) is 14.0 Å². The van der Waals surface area contributed by atoms with E-state index in [1.165, 1.54) is 18.2 Å². The minimum atomic E-state index is -0.720. The number of aryl methyl sites for hydroxylation is 3. The highest BCUT2D eigenvalue weighted by Gasteiger charge is 2.21. The van der Waals surface area contributed by atoms with Crippen LogP contribution >= 0.6 is 0 Å². The number of carbonyl (C=O) groups excluding carboxylic acids is 2. The molecule has 0 atom stereocenters. The van der Waals surface area contributed by atoms with Crippen LogP contribution in [-0.4, -0.2) is 28.6 Å². The number of benzene rings is 2. The Labute approximate surface area is 183 Å². The van der Waals surface area contributed by atoms with Gasteiger partial charge in [-0.15, -0.1) is 0 Å². The lowest BCUT2D eigenvalue weighted by Gasteiger charge is -2.09. The van der Waals surface area contributed by atoms with Crippen molar-refractivity contribution in [3.63, 3.8) is 0 Å². The number of nitrogens with zero attached hydrogens (tertiary/aromatic N) is 2. The summed E-state index contributed by atoms with van der Waals surface area (Å²) in [5, 5.41) is 6.99. The van der Waals surface area contributed by atoms with Gasteiger partial charge in [0.2, 0.25) is 0 Å². The Bertz CT molecular complexity index is 1310. The molecule has 0 fully saturated rings. The largest absolute Gasteiger partial charge is 0.452 e. The first-order valence-electron chi connectivity index (χ1n) is 9.88. The summed E-state index contributed by atoms with van der Waals surface area (Å²) in [4.78, 5) is 29.5. The molecule has 0 aliphatic heterocycles. The number of amides is 1. The molecule has 162 valence electrons. The number of anilines is 1. The Balaban J connectivity index is 1.56. The van der Waals surface area contributed by atoms with E-state index in [-0.39, 0.29) is 17.1 Å². The van der Waals surface area contributed by atoms with Gasteiger partial charge in [0.25, 0.3) is 11.6 Å². The zero-order valence-electron chi connectivity index (χ0n) is 17.7. The quantitative estimate of drug-likeness (QED) is 0.457. The molecule has 4 rings (SSSR count). The third-order valence-corrected chi connectivity index (χ3v) is 4.82. The van der Waals surface area contributed by atoms with Crippen molar-refractivity contribution in [3.05, 3.63) is 76.7 Å². The predicted octanol–water partition coefficient (Wildman–Crippen LogP) is 4.75. The van der Waals surface area contributed by atoms with E-state index in [0.717, 1.165) is 11.1 Å². The zero-order chi connectivity index (χ0) is 22.8. The Hall–Kier alpha value is -4.07. The maximum absolute atomic E-state index is 13.3. The first-order valence-corrected chi connectivity index (χ1v) is 9.88. The molecular formula is C24H20FN3O4. The van der Waals surface area contributed by atoms with Crippen LogP contribution in [0, 0.1) is 26.6 Å². The molecule has 0 unspecified atom stereocenters. The third-order valence-electron chi connectivity index (χ3n) is 4.82. The number of nitrogens with one attached hydrogen (secondary N) is 1. The molecule has 0 spiro atoms. The summed E-state index contributed by atoms with van der Waals surface area (Å²) >= 11 is 0. The third kappa shape index (κ3) is 4.49. The number of hydrogen-bond donors (Lipinski definition) is 1. The van der Waals surface area contributed by atoms with Gasteiger partial charge in [0, 0.05) is 11.3 Å². The number of esters is 1. The number of halogens is 1. The fraction of sp³-hybridized carbons (Fsp3) is 0.167. The predicted molar refractivity (Wildman–Crippen MR) is 117 cm³/mol. The zero-order valence-corrected chi connectivity index (χ0v) is 17.7. The summed E-state index contributed by atoms with van der Waals surface area (Å²) < 4.78 is 23.8. The second-order valence-electron chi connectivity index (χ2n) is 7.51. The van der Waals surface area contributed by atoms with E-state index in [0.29, 0.717) is 28.0 Å². The summed E-state index contributed by atoms with van der Waals surface area (Å²) in [5.74, 6) is -1.57. The molecule has 8 heteroatoms. The SMILES string of the molecule is Cc1cc(C)cc(NC(=O)COC(=O)c2cc(-c3ccc(F)cc3)nc3onc(C)c23)c1. The molecule has 1 amide bonds. The van der Waals surface area contributed by atoms with Gasteiger partial charge in [0.05, 0.1) is 22.3 Å². The Morgan fingerprint density at radius 3 is 2.41 bits per heavy atom. The summed E-state index contributed by atoms with van der Waals surface area (Å²) in [6, 6.07) is 12.8. The van der Waals surface area contributed by atoms with Crippen molar-refractivity contribution in [2.24, 2.45) is 0 Å². The van der Waals surface area contributed by atoms with Crippen molar-refractivity contribution >= 4 is 28.7 Å². The van der Waals surface area contributed by atoms with Crippen LogP contribution in [0.1, 0.15) is 27.2 Å². The van der Waals surface area contributed by atoms with Crippen molar-refractivity contribution in [2.45, 2.75) is 20.8 Å². The molecule has 0 bridgehead atoms. The van der Waals surface area contributed by atoms with Crippen molar-refractivity contribution in [2.75, 3.05) is 11.9 Å². The van der Waals surface area contributed by atoms with Crippen LogP contribution in [0.4, 0.5) is 10.1 Å². The monoisotopic (exact) mass is 433 g/mol. The van der Waals surface area contributed by atoms with Gasteiger partial charge in [-0.1, -0.05) is 11.2 Å². The highest BCUT2D eigenvalue weighted by atomic mass is 19.1. The van der Waals surface area contributed by atoms with Gasteiger partial charge in [-0.25, -0.2) is 14.2 Å². The molecule has 7 nitrogen and oxygen atoms in total. The van der Waals surface area contributed by atoms with Gasteiger partial charge in [-0.05, 0) is 74.4 Å². The summed E-state index contributed by atoms with van der Waals surface area (Å²) in [6.45, 7) is 5.06. The van der Waals surface area contributed by atoms with Gasteiger partial charge < -0.3 is 14.6 Å². The standard InChI is InChI=1S/C24H20FN3O4/c1-13-8-14(2)10-18(9-13)26-21(29)12-31-24(30)19-11-20(16-4-6-17(25)7-5-16)27-23-22(19)15(3)28-32-23/h4-11H,12H2,1-3H3,(H,26,29). The molecule has 2 aromatic heterocycles. The lowest BCUT2D eigenvalue weighted by Crippen LogP contribution is -2.21. The van der Waals surface area contributed by atoms with Crippen LogP contribution in [0.3, 0.4) is 0 Å². The highest BCUT2D eigenvalue weighted by Crippen LogP contribution is 2.27. The van der Waals surface area contributed by atoms with E-state index < -0.39 is 18.5 Å². The Morgan fingerprint density at radius 1 is 1.03 bits per heavy atom.